The Morgan fingerprint density at radius 3 is 2.53 bits per heavy atom. The molecule has 0 saturated heterocycles. The standard InChI is InChI=1S/C14H23NO2/c1-12(2)8-9-15-13(10-16)11-17-14-6-4-3-5-7-14/h3-7,12-13,15-16H,8-11H2,1-2H3/t13-/m1/s1. The van der Waals surface area contributed by atoms with Gasteiger partial charge in [0.1, 0.15) is 12.4 Å². The Bertz CT molecular complexity index is 288. The van der Waals surface area contributed by atoms with Crippen molar-refractivity contribution in [1.29, 1.82) is 0 Å². The molecular formula is C14H23NO2. The van der Waals surface area contributed by atoms with Crippen LogP contribution in [0.5, 0.6) is 5.75 Å². The third-order valence-electron chi connectivity index (χ3n) is 2.57. The van der Waals surface area contributed by atoms with Crippen molar-refractivity contribution in [2.75, 3.05) is 19.8 Å². The molecule has 0 aliphatic carbocycles. The lowest BCUT2D eigenvalue weighted by Crippen LogP contribution is -2.38. The molecule has 0 aromatic heterocycles. The second-order valence-corrected chi connectivity index (χ2v) is 4.64. The van der Waals surface area contributed by atoms with Gasteiger partial charge < -0.3 is 15.2 Å². The van der Waals surface area contributed by atoms with Gasteiger partial charge in [-0.05, 0) is 31.0 Å². The van der Waals surface area contributed by atoms with Crippen LogP contribution < -0.4 is 10.1 Å². The number of benzene rings is 1. The van der Waals surface area contributed by atoms with Crippen molar-refractivity contribution in [3.05, 3.63) is 30.3 Å². The first-order valence-corrected chi connectivity index (χ1v) is 6.24. The van der Waals surface area contributed by atoms with Gasteiger partial charge in [0.15, 0.2) is 0 Å². The fourth-order valence-electron chi connectivity index (χ4n) is 1.47. The molecule has 1 rings (SSSR count). The summed E-state index contributed by atoms with van der Waals surface area (Å²) in [6, 6.07) is 9.68. The topological polar surface area (TPSA) is 41.5 Å². The van der Waals surface area contributed by atoms with Crippen molar-refractivity contribution in [3.8, 4) is 5.75 Å². The van der Waals surface area contributed by atoms with Crippen LogP contribution in [0.25, 0.3) is 0 Å². The van der Waals surface area contributed by atoms with E-state index in [1.54, 1.807) is 0 Å². The Morgan fingerprint density at radius 2 is 1.94 bits per heavy atom. The minimum atomic E-state index is 0.00829. The van der Waals surface area contributed by atoms with Crippen LogP contribution >= 0.6 is 0 Å². The van der Waals surface area contributed by atoms with Crippen LogP contribution in [0.1, 0.15) is 20.3 Å². The molecule has 3 nitrogen and oxygen atoms in total. The van der Waals surface area contributed by atoms with E-state index in [1.807, 2.05) is 30.3 Å². The molecule has 1 atom stereocenters. The second kappa shape index (κ2) is 8.09. The minimum absolute atomic E-state index is 0.00829. The summed E-state index contributed by atoms with van der Waals surface area (Å²) in [7, 11) is 0. The smallest absolute Gasteiger partial charge is 0.119 e. The van der Waals surface area contributed by atoms with Gasteiger partial charge in [0, 0.05) is 0 Å². The molecule has 0 unspecified atom stereocenters. The molecule has 0 spiro atoms. The van der Waals surface area contributed by atoms with Crippen molar-refractivity contribution in [1.82, 2.24) is 5.32 Å². The van der Waals surface area contributed by atoms with E-state index >= 15 is 0 Å². The summed E-state index contributed by atoms with van der Waals surface area (Å²) in [6.07, 6.45) is 1.11. The summed E-state index contributed by atoms with van der Waals surface area (Å²) in [5.74, 6) is 1.52. The molecular weight excluding hydrogens is 214 g/mol. The zero-order valence-corrected chi connectivity index (χ0v) is 10.7. The van der Waals surface area contributed by atoms with Crippen LogP contribution in [0.4, 0.5) is 0 Å². The predicted molar refractivity (Wildman–Crippen MR) is 70.3 cm³/mol. The van der Waals surface area contributed by atoms with E-state index in [-0.39, 0.29) is 12.6 Å². The average Bonchev–Trinajstić information content (AvgIpc) is 2.34. The number of aliphatic hydroxyl groups excluding tert-OH is 1. The summed E-state index contributed by atoms with van der Waals surface area (Å²) in [5.41, 5.74) is 0. The summed E-state index contributed by atoms with van der Waals surface area (Å²) < 4.78 is 5.59. The Morgan fingerprint density at radius 1 is 1.24 bits per heavy atom. The maximum atomic E-state index is 9.23. The normalized spacial score (nSPS) is 12.7. The number of aliphatic hydroxyl groups is 1. The molecule has 2 N–H and O–H groups in total. The lowest BCUT2D eigenvalue weighted by molar-refractivity contribution is 0.182. The molecule has 0 heterocycles. The van der Waals surface area contributed by atoms with E-state index in [9.17, 15) is 5.11 Å². The maximum absolute atomic E-state index is 9.23. The van der Waals surface area contributed by atoms with Gasteiger partial charge >= 0.3 is 0 Å². The van der Waals surface area contributed by atoms with Gasteiger partial charge in [0.05, 0.1) is 12.6 Å². The van der Waals surface area contributed by atoms with Crippen LogP contribution in [0.3, 0.4) is 0 Å². The van der Waals surface area contributed by atoms with E-state index in [0.29, 0.717) is 12.5 Å². The second-order valence-electron chi connectivity index (χ2n) is 4.64. The highest BCUT2D eigenvalue weighted by Gasteiger charge is 2.07. The highest BCUT2D eigenvalue weighted by molar-refractivity contribution is 5.20. The predicted octanol–water partition coefficient (Wildman–Crippen LogP) is 2.06. The molecule has 0 aliphatic rings. The van der Waals surface area contributed by atoms with Crippen LogP contribution in [-0.2, 0) is 0 Å². The zero-order chi connectivity index (χ0) is 12.5. The van der Waals surface area contributed by atoms with Gasteiger partial charge in [0.2, 0.25) is 0 Å². The fourth-order valence-corrected chi connectivity index (χ4v) is 1.47. The van der Waals surface area contributed by atoms with Crippen molar-refractivity contribution in [3.63, 3.8) is 0 Å². The molecule has 0 saturated carbocycles. The quantitative estimate of drug-likeness (QED) is 0.727. The lowest BCUT2D eigenvalue weighted by Gasteiger charge is -2.17. The minimum Gasteiger partial charge on any atom is -0.492 e. The first-order chi connectivity index (χ1) is 8.22. The summed E-state index contributed by atoms with van der Waals surface area (Å²) in [4.78, 5) is 0. The Labute approximate surface area is 104 Å². The number of rotatable bonds is 8. The number of ether oxygens (including phenoxy) is 1. The van der Waals surface area contributed by atoms with Crippen LogP contribution in [0, 0.1) is 5.92 Å². The largest absolute Gasteiger partial charge is 0.492 e. The molecule has 0 amide bonds. The van der Waals surface area contributed by atoms with Crippen molar-refractivity contribution in [2.24, 2.45) is 5.92 Å². The molecule has 0 bridgehead atoms. The number of para-hydroxylation sites is 1. The molecule has 96 valence electrons. The first-order valence-electron chi connectivity index (χ1n) is 6.24. The van der Waals surface area contributed by atoms with Gasteiger partial charge in [-0.15, -0.1) is 0 Å². The molecule has 0 fully saturated rings. The molecule has 17 heavy (non-hydrogen) atoms. The van der Waals surface area contributed by atoms with Gasteiger partial charge in [0.25, 0.3) is 0 Å². The van der Waals surface area contributed by atoms with Crippen molar-refractivity contribution >= 4 is 0 Å². The van der Waals surface area contributed by atoms with E-state index in [1.165, 1.54) is 0 Å². The average molecular weight is 237 g/mol. The highest BCUT2D eigenvalue weighted by Crippen LogP contribution is 2.08. The number of nitrogens with one attached hydrogen (secondary N) is 1. The molecule has 1 aromatic rings. The molecule has 0 radical (unpaired) electrons. The fraction of sp³-hybridized carbons (Fsp3) is 0.571. The van der Waals surface area contributed by atoms with E-state index in [4.69, 9.17) is 4.74 Å². The Kier molecular flexibility index (Phi) is 6.67. The Balaban J connectivity index is 2.23. The third-order valence-corrected chi connectivity index (χ3v) is 2.57. The first kappa shape index (κ1) is 14.0. The maximum Gasteiger partial charge on any atom is 0.119 e. The molecule has 3 heteroatoms. The van der Waals surface area contributed by atoms with Gasteiger partial charge in [-0.25, -0.2) is 0 Å². The Hall–Kier alpha value is -1.06. The summed E-state index contributed by atoms with van der Waals surface area (Å²) in [5, 5.41) is 12.5. The van der Waals surface area contributed by atoms with E-state index < -0.39 is 0 Å². The summed E-state index contributed by atoms with van der Waals surface area (Å²) >= 11 is 0. The van der Waals surface area contributed by atoms with Crippen molar-refractivity contribution in [2.45, 2.75) is 26.3 Å². The van der Waals surface area contributed by atoms with Crippen LogP contribution in [-0.4, -0.2) is 30.9 Å². The van der Waals surface area contributed by atoms with Crippen molar-refractivity contribution < 1.29 is 9.84 Å². The highest BCUT2D eigenvalue weighted by atomic mass is 16.5. The van der Waals surface area contributed by atoms with E-state index in [2.05, 4.69) is 19.2 Å². The monoisotopic (exact) mass is 237 g/mol. The van der Waals surface area contributed by atoms with Gasteiger partial charge in [-0.3, -0.25) is 0 Å². The van der Waals surface area contributed by atoms with E-state index in [0.717, 1.165) is 18.7 Å². The van der Waals surface area contributed by atoms with Gasteiger partial charge in [-0.1, -0.05) is 32.0 Å². The summed E-state index contributed by atoms with van der Waals surface area (Å²) in [6.45, 7) is 5.90. The third kappa shape index (κ3) is 6.29. The number of hydrogen-bond donors (Lipinski definition) is 2. The SMILES string of the molecule is CC(C)CCN[C@H](CO)COc1ccccc1. The van der Waals surface area contributed by atoms with Gasteiger partial charge in [-0.2, -0.15) is 0 Å². The molecule has 1 aromatic carbocycles. The lowest BCUT2D eigenvalue weighted by atomic mass is 10.1. The number of hydrogen-bond acceptors (Lipinski definition) is 3. The van der Waals surface area contributed by atoms with Crippen LogP contribution in [0.2, 0.25) is 0 Å². The van der Waals surface area contributed by atoms with Crippen LogP contribution in [0.15, 0.2) is 30.3 Å². The zero-order valence-electron chi connectivity index (χ0n) is 10.7. The molecule has 0 aliphatic heterocycles.